The third-order valence-corrected chi connectivity index (χ3v) is 14.1. The highest BCUT2D eigenvalue weighted by atomic mass is 15.0. The van der Waals surface area contributed by atoms with Crippen molar-refractivity contribution in [2.24, 2.45) is 0 Å². The fourth-order valence-corrected chi connectivity index (χ4v) is 10.9. The lowest BCUT2D eigenvalue weighted by Crippen LogP contribution is -2.15. The van der Waals surface area contributed by atoms with E-state index in [4.69, 9.17) is 0 Å². The lowest BCUT2D eigenvalue weighted by Gasteiger charge is -2.22. The minimum atomic E-state index is -0.119. The van der Waals surface area contributed by atoms with E-state index in [1.54, 1.807) is 0 Å². The highest BCUT2D eigenvalue weighted by molar-refractivity contribution is 6.13. The molecule has 0 radical (unpaired) electrons. The van der Waals surface area contributed by atoms with Crippen LogP contribution in [0.4, 0.5) is 0 Å². The van der Waals surface area contributed by atoms with Crippen LogP contribution in [0.1, 0.15) is 25.0 Å². The summed E-state index contributed by atoms with van der Waals surface area (Å²) >= 11 is 0. The number of para-hydroxylation sites is 2. The molecule has 0 saturated carbocycles. The Bertz CT molecular complexity index is 3770. The van der Waals surface area contributed by atoms with Crippen LogP contribution >= 0.6 is 0 Å². The Morgan fingerprint density at radius 1 is 0.262 bits per heavy atom. The van der Waals surface area contributed by atoms with E-state index in [9.17, 15) is 0 Å². The van der Waals surface area contributed by atoms with Crippen LogP contribution in [0.15, 0.2) is 231 Å². The van der Waals surface area contributed by atoms with E-state index in [-0.39, 0.29) is 5.41 Å². The van der Waals surface area contributed by atoms with Gasteiger partial charge in [-0.25, -0.2) is 0 Å². The third kappa shape index (κ3) is 5.88. The molecule has 10 aromatic carbocycles. The second-order valence-corrected chi connectivity index (χ2v) is 18.2. The lowest BCUT2D eigenvalue weighted by atomic mass is 9.82. The number of rotatable bonds is 6. The summed E-state index contributed by atoms with van der Waals surface area (Å²) in [5.41, 5.74) is 22.0. The summed E-state index contributed by atoms with van der Waals surface area (Å²) < 4.78 is 4.91. The Hall–Kier alpha value is -8.20. The summed E-state index contributed by atoms with van der Waals surface area (Å²) in [5.74, 6) is 0. The highest BCUT2D eigenvalue weighted by Gasteiger charge is 2.35. The number of aromatic nitrogens is 2. The van der Waals surface area contributed by atoms with E-state index in [0.29, 0.717) is 0 Å². The van der Waals surface area contributed by atoms with E-state index in [1.807, 2.05) is 0 Å². The van der Waals surface area contributed by atoms with E-state index in [0.717, 1.165) is 5.69 Å². The quantitative estimate of drug-likeness (QED) is 0.158. The molecule has 1 aliphatic carbocycles. The van der Waals surface area contributed by atoms with Crippen molar-refractivity contribution in [1.82, 2.24) is 9.13 Å². The first-order valence-corrected chi connectivity index (χ1v) is 22.7. The maximum absolute atomic E-state index is 2.51. The molecule has 12 aromatic rings. The van der Waals surface area contributed by atoms with Crippen molar-refractivity contribution < 1.29 is 0 Å². The first-order chi connectivity index (χ1) is 32.0. The molecule has 0 unspecified atom stereocenters. The van der Waals surface area contributed by atoms with Crippen LogP contribution in [0.5, 0.6) is 0 Å². The first-order valence-electron chi connectivity index (χ1n) is 22.7. The molecule has 0 N–H and O–H groups in total. The maximum Gasteiger partial charge on any atom is 0.0547 e. The second-order valence-electron chi connectivity index (χ2n) is 18.2. The molecule has 0 bridgehead atoms. The lowest BCUT2D eigenvalue weighted by molar-refractivity contribution is 0.660. The summed E-state index contributed by atoms with van der Waals surface area (Å²) in [5, 5.41) is 4.98. The van der Waals surface area contributed by atoms with Crippen LogP contribution < -0.4 is 0 Å². The minimum absolute atomic E-state index is 0.119. The summed E-state index contributed by atoms with van der Waals surface area (Å²) in [4.78, 5) is 0. The number of hydrogen-bond donors (Lipinski definition) is 0. The molecule has 0 aliphatic heterocycles. The van der Waals surface area contributed by atoms with Crippen LogP contribution in [-0.4, -0.2) is 9.13 Å². The number of benzene rings is 10. The third-order valence-electron chi connectivity index (χ3n) is 14.1. The van der Waals surface area contributed by atoms with Crippen molar-refractivity contribution in [3.05, 3.63) is 242 Å². The molecule has 0 fully saturated rings. The average molecular weight is 829 g/mol. The molecule has 2 nitrogen and oxygen atoms in total. The van der Waals surface area contributed by atoms with Crippen LogP contribution in [0.2, 0.25) is 0 Å². The number of fused-ring (bicyclic) bond motifs is 9. The molecular formula is C63H44N2. The van der Waals surface area contributed by atoms with Crippen molar-refractivity contribution in [1.29, 1.82) is 0 Å². The molecule has 0 atom stereocenters. The summed E-state index contributed by atoms with van der Waals surface area (Å²) in [6, 6.07) is 85.3. The van der Waals surface area contributed by atoms with E-state index in [1.165, 1.54) is 116 Å². The van der Waals surface area contributed by atoms with Gasteiger partial charge in [0.15, 0.2) is 0 Å². The number of nitrogens with zero attached hydrogens (tertiary/aromatic N) is 2. The van der Waals surface area contributed by atoms with Gasteiger partial charge in [0, 0.05) is 38.3 Å². The smallest absolute Gasteiger partial charge is 0.0547 e. The standard InChI is InChI=1S/C63H44N2/c1-63(2)57-24-14-12-22-51(57)52-32-29-50(40-58(52)63)65-60-33-28-43(48-35-46(41-16-6-3-7-17-41)34-47(36-48)42-18-8-4-9-19-42)37-56(60)55-31-27-45(39-62(55)65)44-26-30-54-53-23-13-15-25-59(53)64(61(54)38-44)49-20-10-5-11-21-49/h3-40H,1-2H3. The normalized spacial score (nSPS) is 12.9. The van der Waals surface area contributed by atoms with E-state index >= 15 is 0 Å². The van der Waals surface area contributed by atoms with Gasteiger partial charge in [-0.3, -0.25) is 0 Å². The molecule has 2 heteroatoms. The molecule has 0 spiro atoms. The van der Waals surface area contributed by atoms with Gasteiger partial charge in [-0.15, -0.1) is 0 Å². The van der Waals surface area contributed by atoms with Gasteiger partial charge in [0.1, 0.15) is 0 Å². The maximum atomic E-state index is 2.51. The topological polar surface area (TPSA) is 9.86 Å². The van der Waals surface area contributed by atoms with Crippen molar-refractivity contribution in [3.8, 4) is 67.0 Å². The van der Waals surface area contributed by atoms with Gasteiger partial charge in [0.05, 0.1) is 22.1 Å². The largest absolute Gasteiger partial charge is 0.309 e. The van der Waals surface area contributed by atoms with Crippen molar-refractivity contribution in [2.45, 2.75) is 19.3 Å². The Labute approximate surface area is 378 Å². The molecule has 0 saturated heterocycles. The molecule has 0 amide bonds. The van der Waals surface area contributed by atoms with Gasteiger partial charge in [-0.1, -0.05) is 172 Å². The van der Waals surface area contributed by atoms with Gasteiger partial charge in [0.2, 0.25) is 0 Å². The van der Waals surface area contributed by atoms with Gasteiger partial charge in [-0.05, 0) is 140 Å². The summed E-state index contributed by atoms with van der Waals surface area (Å²) in [6.45, 7) is 4.74. The summed E-state index contributed by atoms with van der Waals surface area (Å²) in [7, 11) is 0. The van der Waals surface area contributed by atoms with Crippen LogP contribution in [0.3, 0.4) is 0 Å². The zero-order chi connectivity index (χ0) is 43.2. The molecule has 65 heavy (non-hydrogen) atoms. The summed E-state index contributed by atoms with van der Waals surface area (Å²) in [6.07, 6.45) is 0. The predicted octanol–water partition coefficient (Wildman–Crippen LogP) is 16.9. The minimum Gasteiger partial charge on any atom is -0.309 e. The monoisotopic (exact) mass is 828 g/mol. The molecule has 1 aliphatic rings. The van der Waals surface area contributed by atoms with Crippen molar-refractivity contribution >= 4 is 43.6 Å². The predicted molar refractivity (Wildman–Crippen MR) is 274 cm³/mol. The highest BCUT2D eigenvalue weighted by Crippen LogP contribution is 2.50. The van der Waals surface area contributed by atoms with E-state index < -0.39 is 0 Å². The van der Waals surface area contributed by atoms with Crippen LogP contribution in [-0.2, 0) is 5.41 Å². The SMILES string of the molecule is CC1(C)c2ccccc2-c2ccc(-n3c4ccc(-c5cc(-c6ccccc6)cc(-c6ccccc6)c5)cc4c4ccc(-c5ccc6c7ccccc7n(-c7ccccc7)c6c5)cc43)cc21. The number of hydrogen-bond acceptors (Lipinski definition) is 0. The average Bonchev–Trinajstić information content (AvgIpc) is 3.96. The molecule has 306 valence electrons. The zero-order valence-electron chi connectivity index (χ0n) is 36.3. The van der Waals surface area contributed by atoms with Crippen LogP contribution in [0, 0.1) is 0 Å². The second kappa shape index (κ2) is 14.4. The fourth-order valence-electron chi connectivity index (χ4n) is 10.9. The molecule has 13 rings (SSSR count). The van der Waals surface area contributed by atoms with Crippen LogP contribution in [0.25, 0.3) is 111 Å². The van der Waals surface area contributed by atoms with Crippen molar-refractivity contribution in [3.63, 3.8) is 0 Å². The van der Waals surface area contributed by atoms with Gasteiger partial charge < -0.3 is 9.13 Å². The Balaban J connectivity index is 1.03. The zero-order valence-corrected chi connectivity index (χ0v) is 36.3. The van der Waals surface area contributed by atoms with Crippen molar-refractivity contribution in [2.75, 3.05) is 0 Å². The molecular weight excluding hydrogens is 785 g/mol. The fraction of sp³-hybridized carbons (Fsp3) is 0.0476. The Morgan fingerprint density at radius 2 is 0.738 bits per heavy atom. The molecule has 2 heterocycles. The van der Waals surface area contributed by atoms with Gasteiger partial charge in [-0.2, -0.15) is 0 Å². The first kappa shape index (κ1) is 37.4. The molecule has 2 aromatic heterocycles. The van der Waals surface area contributed by atoms with Gasteiger partial charge in [0.25, 0.3) is 0 Å². The Morgan fingerprint density at radius 3 is 1.42 bits per heavy atom. The van der Waals surface area contributed by atoms with E-state index in [2.05, 4.69) is 254 Å². The van der Waals surface area contributed by atoms with Gasteiger partial charge >= 0.3 is 0 Å². The Kier molecular flexibility index (Phi) is 8.29.